The number of rotatable bonds is 2. The number of likely N-dealkylation sites (tertiary alicyclic amines) is 1. The largest absolute Gasteiger partial charge is 0.444 e. The zero-order valence-electron chi connectivity index (χ0n) is 13.8. The molecule has 1 fully saturated rings. The molecule has 0 N–H and O–H groups in total. The Labute approximate surface area is 148 Å². The summed E-state index contributed by atoms with van der Waals surface area (Å²) in [4.78, 5) is 22.6. The van der Waals surface area contributed by atoms with Crippen molar-refractivity contribution >= 4 is 22.0 Å². The number of hydrogen-bond donors (Lipinski definition) is 0. The van der Waals surface area contributed by atoms with E-state index in [1.165, 1.54) is 0 Å². The topological polar surface area (TPSA) is 81.4 Å². The number of aromatic nitrogens is 3. The van der Waals surface area contributed by atoms with Crippen molar-refractivity contribution in [1.29, 1.82) is 0 Å². The molecular formula is C16H19BrN4O3. The van der Waals surface area contributed by atoms with Gasteiger partial charge >= 0.3 is 6.09 Å². The highest BCUT2D eigenvalue weighted by atomic mass is 79.9. The molecule has 0 spiro atoms. The van der Waals surface area contributed by atoms with E-state index in [9.17, 15) is 4.79 Å². The van der Waals surface area contributed by atoms with Crippen LogP contribution in [-0.4, -0.2) is 38.3 Å². The lowest BCUT2D eigenvalue weighted by Crippen LogP contribution is -2.36. The Balaban J connectivity index is 1.80. The van der Waals surface area contributed by atoms with E-state index < -0.39 is 5.60 Å². The summed E-state index contributed by atoms with van der Waals surface area (Å²) in [5.41, 5.74) is 0.244. The number of pyridine rings is 1. The second-order valence-corrected chi connectivity index (χ2v) is 7.47. The zero-order chi connectivity index (χ0) is 17.3. The predicted octanol–water partition coefficient (Wildman–Crippen LogP) is 3.97. The van der Waals surface area contributed by atoms with Crippen molar-refractivity contribution in [3.05, 3.63) is 28.8 Å². The van der Waals surface area contributed by atoms with Gasteiger partial charge in [0.15, 0.2) is 5.82 Å². The summed E-state index contributed by atoms with van der Waals surface area (Å²) < 4.78 is 11.5. The number of nitrogens with zero attached hydrogens (tertiary/aromatic N) is 4. The average Bonchev–Trinajstić information content (AvgIpc) is 3.14. The number of amides is 1. The molecule has 1 unspecified atom stereocenters. The van der Waals surface area contributed by atoms with Crippen molar-refractivity contribution in [3.63, 3.8) is 0 Å². The highest BCUT2D eigenvalue weighted by Gasteiger charge is 2.36. The third kappa shape index (κ3) is 3.75. The first kappa shape index (κ1) is 16.9. The van der Waals surface area contributed by atoms with Gasteiger partial charge in [-0.3, -0.25) is 4.90 Å². The second kappa shape index (κ2) is 6.51. The molecule has 0 bridgehead atoms. The first-order valence-corrected chi connectivity index (χ1v) is 8.58. The molecule has 0 saturated carbocycles. The Morgan fingerprint density at radius 2 is 2.25 bits per heavy atom. The van der Waals surface area contributed by atoms with Gasteiger partial charge < -0.3 is 9.26 Å². The Morgan fingerprint density at radius 3 is 2.96 bits per heavy atom. The zero-order valence-corrected chi connectivity index (χ0v) is 15.4. The summed E-state index contributed by atoms with van der Waals surface area (Å²) in [7, 11) is 0. The molecule has 2 aromatic rings. The van der Waals surface area contributed by atoms with Gasteiger partial charge in [-0.1, -0.05) is 5.16 Å². The minimum absolute atomic E-state index is 0.220. The van der Waals surface area contributed by atoms with E-state index in [1.807, 2.05) is 20.8 Å². The normalized spacial score (nSPS) is 18.0. The summed E-state index contributed by atoms with van der Waals surface area (Å²) in [6.07, 6.45) is 2.99. The first-order chi connectivity index (χ1) is 11.3. The highest BCUT2D eigenvalue weighted by Crippen LogP contribution is 2.32. The summed E-state index contributed by atoms with van der Waals surface area (Å²) in [5.74, 6) is 0.908. The average molecular weight is 395 g/mol. The van der Waals surface area contributed by atoms with Crippen LogP contribution in [0.2, 0.25) is 0 Å². The lowest BCUT2D eigenvalue weighted by molar-refractivity contribution is 0.0217. The van der Waals surface area contributed by atoms with Crippen LogP contribution in [0.5, 0.6) is 0 Å². The lowest BCUT2D eigenvalue weighted by atomic mass is 10.2. The Kier molecular flexibility index (Phi) is 4.58. The first-order valence-electron chi connectivity index (χ1n) is 7.78. The standard InChI is InChI=1S/C16H19BrN4O3/c1-16(2,3)23-15(22)21-8-4-5-11(21)13-19-14(24-20-13)10-6-7-18-12(17)9-10/h6-7,9,11H,4-5,8H2,1-3H3. The van der Waals surface area contributed by atoms with Crippen molar-refractivity contribution in [2.24, 2.45) is 0 Å². The smallest absolute Gasteiger partial charge is 0.410 e. The third-order valence-corrected chi connectivity index (χ3v) is 4.03. The van der Waals surface area contributed by atoms with E-state index in [2.05, 4.69) is 31.1 Å². The molecule has 2 aromatic heterocycles. The molecule has 3 heterocycles. The molecule has 1 amide bonds. The van der Waals surface area contributed by atoms with Gasteiger partial charge in [0.05, 0.1) is 6.04 Å². The van der Waals surface area contributed by atoms with Gasteiger partial charge in [-0.05, 0) is 61.7 Å². The molecular weight excluding hydrogens is 376 g/mol. The van der Waals surface area contributed by atoms with E-state index >= 15 is 0 Å². The van der Waals surface area contributed by atoms with Gasteiger partial charge in [0.1, 0.15) is 10.2 Å². The van der Waals surface area contributed by atoms with Crippen molar-refractivity contribution in [2.75, 3.05) is 6.54 Å². The van der Waals surface area contributed by atoms with E-state index in [0.717, 1.165) is 18.4 Å². The van der Waals surface area contributed by atoms with Crippen LogP contribution in [-0.2, 0) is 4.74 Å². The Bertz CT molecular complexity index is 741. The highest BCUT2D eigenvalue weighted by molar-refractivity contribution is 9.10. The van der Waals surface area contributed by atoms with E-state index in [4.69, 9.17) is 9.26 Å². The SMILES string of the molecule is CC(C)(C)OC(=O)N1CCCC1c1noc(-c2ccnc(Br)c2)n1. The van der Waals surface area contributed by atoms with Gasteiger partial charge in [-0.15, -0.1) is 0 Å². The maximum Gasteiger partial charge on any atom is 0.410 e. The molecule has 1 saturated heterocycles. The molecule has 1 atom stereocenters. The summed E-state index contributed by atoms with van der Waals surface area (Å²) in [6, 6.07) is 3.38. The number of carbonyl (C=O) groups is 1. The molecule has 1 aliphatic heterocycles. The van der Waals surface area contributed by atoms with Crippen LogP contribution in [0.1, 0.15) is 45.5 Å². The lowest BCUT2D eigenvalue weighted by Gasteiger charge is -2.27. The molecule has 128 valence electrons. The van der Waals surface area contributed by atoms with E-state index in [1.54, 1.807) is 23.2 Å². The van der Waals surface area contributed by atoms with Crippen molar-refractivity contribution in [3.8, 4) is 11.5 Å². The van der Waals surface area contributed by atoms with Gasteiger partial charge in [0, 0.05) is 18.3 Å². The van der Waals surface area contributed by atoms with Crippen LogP contribution in [0.4, 0.5) is 4.79 Å². The van der Waals surface area contributed by atoms with Crippen LogP contribution in [0.15, 0.2) is 27.5 Å². The summed E-state index contributed by atoms with van der Waals surface area (Å²) in [6.45, 7) is 6.18. The number of ether oxygens (including phenoxy) is 1. The number of halogens is 1. The minimum atomic E-state index is -0.532. The van der Waals surface area contributed by atoms with Gasteiger partial charge in [0.2, 0.25) is 0 Å². The van der Waals surface area contributed by atoms with Crippen LogP contribution in [0.3, 0.4) is 0 Å². The maximum atomic E-state index is 12.4. The number of carbonyl (C=O) groups excluding carboxylic acids is 1. The van der Waals surface area contributed by atoms with E-state index in [0.29, 0.717) is 22.9 Å². The second-order valence-electron chi connectivity index (χ2n) is 6.66. The Morgan fingerprint density at radius 1 is 1.46 bits per heavy atom. The van der Waals surface area contributed by atoms with Crippen LogP contribution in [0, 0.1) is 0 Å². The number of hydrogen-bond acceptors (Lipinski definition) is 6. The molecule has 0 radical (unpaired) electrons. The van der Waals surface area contributed by atoms with Crippen molar-refractivity contribution in [2.45, 2.75) is 45.3 Å². The Hall–Kier alpha value is -1.96. The monoisotopic (exact) mass is 394 g/mol. The van der Waals surface area contributed by atoms with E-state index in [-0.39, 0.29) is 12.1 Å². The quantitative estimate of drug-likeness (QED) is 0.716. The predicted molar refractivity (Wildman–Crippen MR) is 90.1 cm³/mol. The summed E-state index contributed by atoms with van der Waals surface area (Å²) in [5, 5.41) is 4.06. The third-order valence-electron chi connectivity index (χ3n) is 3.59. The van der Waals surface area contributed by atoms with Crippen LogP contribution in [0.25, 0.3) is 11.5 Å². The molecule has 24 heavy (non-hydrogen) atoms. The fourth-order valence-electron chi connectivity index (χ4n) is 2.60. The van der Waals surface area contributed by atoms with Gasteiger partial charge in [0.25, 0.3) is 5.89 Å². The molecule has 7 nitrogen and oxygen atoms in total. The molecule has 0 aliphatic carbocycles. The summed E-state index contributed by atoms with van der Waals surface area (Å²) >= 11 is 3.32. The fraction of sp³-hybridized carbons (Fsp3) is 0.500. The minimum Gasteiger partial charge on any atom is -0.444 e. The maximum absolute atomic E-state index is 12.4. The van der Waals surface area contributed by atoms with Crippen LogP contribution < -0.4 is 0 Å². The van der Waals surface area contributed by atoms with Crippen molar-refractivity contribution < 1.29 is 14.1 Å². The van der Waals surface area contributed by atoms with Crippen LogP contribution >= 0.6 is 15.9 Å². The van der Waals surface area contributed by atoms with Gasteiger partial charge in [-0.25, -0.2) is 9.78 Å². The fourth-order valence-corrected chi connectivity index (χ4v) is 2.96. The molecule has 0 aromatic carbocycles. The molecule has 1 aliphatic rings. The van der Waals surface area contributed by atoms with Gasteiger partial charge in [-0.2, -0.15) is 4.98 Å². The molecule has 3 rings (SSSR count). The molecule has 8 heteroatoms. The van der Waals surface area contributed by atoms with Crippen molar-refractivity contribution in [1.82, 2.24) is 20.0 Å².